The molecule has 2 fully saturated rings. The number of likely N-dealkylation sites (tertiary alicyclic amines) is 1. The molecule has 0 radical (unpaired) electrons. The van der Waals surface area contributed by atoms with Crippen molar-refractivity contribution in [2.24, 2.45) is 0 Å². The third-order valence-corrected chi connectivity index (χ3v) is 7.32. The van der Waals surface area contributed by atoms with E-state index in [0.29, 0.717) is 30.6 Å². The number of aromatic nitrogens is 1. The van der Waals surface area contributed by atoms with Crippen LogP contribution in [0.3, 0.4) is 0 Å². The van der Waals surface area contributed by atoms with Gasteiger partial charge in [-0.15, -0.1) is 0 Å². The van der Waals surface area contributed by atoms with Gasteiger partial charge in [0.15, 0.2) is 0 Å². The van der Waals surface area contributed by atoms with Gasteiger partial charge < -0.3 is 24.6 Å². The van der Waals surface area contributed by atoms with E-state index in [1.165, 1.54) is 0 Å². The minimum atomic E-state index is -0.112. The van der Waals surface area contributed by atoms with Crippen molar-refractivity contribution in [3.8, 4) is 5.75 Å². The second kappa shape index (κ2) is 10.7. The molecule has 1 atom stereocenters. The van der Waals surface area contributed by atoms with Gasteiger partial charge in [0, 0.05) is 56.3 Å². The number of nitrogens with one attached hydrogen (secondary N) is 1. The first-order chi connectivity index (χ1) is 16.4. The third kappa shape index (κ3) is 5.36. The maximum atomic E-state index is 13.8. The van der Waals surface area contributed by atoms with Crippen molar-refractivity contribution in [1.29, 1.82) is 0 Å². The van der Waals surface area contributed by atoms with Gasteiger partial charge in [0.25, 0.3) is 5.91 Å². The molecule has 1 amide bonds. The lowest BCUT2D eigenvalue weighted by molar-refractivity contribution is -0.131. The van der Waals surface area contributed by atoms with Crippen molar-refractivity contribution in [3.63, 3.8) is 0 Å². The van der Waals surface area contributed by atoms with E-state index in [2.05, 4.69) is 36.0 Å². The summed E-state index contributed by atoms with van der Waals surface area (Å²) in [6, 6.07) is 12.0. The predicted octanol–water partition coefficient (Wildman–Crippen LogP) is 4.72. The summed E-state index contributed by atoms with van der Waals surface area (Å²) in [5.74, 6) is 1.33. The van der Waals surface area contributed by atoms with Crippen LogP contribution in [0.4, 0.5) is 11.5 Å². The number of ether oxygens (including phenoxy) is 2. The number of pyridine rings is 1. The standard InChI is InChI=1S/C27H38N4O3/c1-5-31(22-11-17-34-27(19-22)12-15-30(16-13-27)20(2)3)26(32)24-10-7-14-28-25(24)29-21-8-6-9-23(18-21)33-4/h6-10,14,18,20,22H,5,11-13,15-17,19H2,1-4H3,(H,28,29). The van der Waals surface area contributed by atoms with Crippen LogP contribution >= 0.6 is 0 Å². The Morgan fingerprint density at radius 1 is 1.29 bits per heavy atom. The highest BCUT2D eigenvalue weighted by atomic mass is 16.5. The second-order valence-corrected chi connectivity index (χ2v) is 9.66. The summed E-state index contributed by atoms with van der Waals surface area (Å²) in [6.45, 7) is 10.1. The molecule has 184 valence electrons. The van der Waals surface area contributed by atoms with Crippen molar-refractivity contribution in [1.82, 2.24) is 14.8 Å². The Bertz CT molecular complexity index is 972. The lowest BCUT2D eigenvalue weighted by atomic mass is 9.81. The van der Waals surface area contributed by atoms with Gasteiger partial charge in [-0.05, 0) is 70.7 Å². The van der Waals surface area contributed by atoms with Gasteiger partial charge >= 0.3 is 0 Å². The summed E-state index contributed by atoms with van der Waals surface area (Å²) in [5.41, 5.74) is 1.30. The van der Waals surface area contributed by atoms with Crippen LogP contribution in [0.1, 0.15) is 56.8 Å². The van der Waals surface area contributed by atoms with E-state index in [1.807, 2.05) is 41.3 Å². The topological polar surface area (TPSA) is 66.9 Å². The highest BCUT2D eigenvalue weighted by Gasteiger charge is 2.43. The molecule has 3 heterocycles. The first-order valence-corrected chi connectivity index (χ1v) is 12.5. The van der Waals surface area contributed by atoms with Gasteiger partial charge in [0.1, 0.15) is 11.6 Å². The van der Waals surface area contributed by atoms with Crippen LogP contribution in [-0.2, 0) is 4.74 Å². The molecule has 2 aromatic rings. The molecule has 0 bridgehead atoms. The molecule has 0 aliphatic carbocycles. The second-order valence-electron chi connectivity index (χ2n) is 9.66. The summed E-state index contributed by atoms with van der Waals surface area (Å²) in [4.78, 5) is 22.8. The van der Waals surface area contributed by atoms with E-state index < -0.39 is 0 Å². The number of rotatable bonds is 7. The molecule has 1 spiro atoms. The van der Waals surface area contributed by atoms with Crippen molar-refractivity contribution in [2.75, 3.05) is 38.7 Å². The van der Waals surface area contributed by atoms with Gasteiger partial charge in [-0.25, -0.2) is 4.98 Å². The number of amides is 1. The van der Waals surface area contributed by atoms with Gasteiger partial charge in [-0.1, -0.05) is 6.07 Å². The first-order valence-electron chi connectivity index (χ1n) is 12.5. The molecule has 4 rings (SSSR count). The quantitative estimate of drug-likeness (QED) is 0.637. The average molecular weight is 467 g/mol. The Balaban J connectivity index is 1.51. The number of hydrogen-bond donors (Lipinski definition) is 1. The number of piperidine rings is 1. The number of nitrogens with zero attached hydrogens (tertiary/aromatic N) is 3. The highest BCUT2D eigenvalue weighted by Crippen LogP contribution is 2.37. The van der Waals surface area contributed by atoms with E-state index in [0.717, 1.165) is 50.2 Å². The number of hydrogen-bond acceptors (Lipinski definition) is 6. The van der Waals surface area contributed by atoms with Crippen molar-refractivity contribution < 1.29 is 14.3 Å². The SMILES string of the molecule is CCN(C(=O)c1cccnc1Nc1cccc(OC)c1)C1CCOC2(CCN(C(C)C)CC2)C1. The predicted molar refractivity (Wildman–Crippen MR) is 135 cm³/mol. The van der Waals surface area contributed by atoms with Crippen LogP contribution in [0.2, 0.25) is 0 Å². The van der Waals surface area contributed by atoms with Crippen LogP contribution in [-0.4, -0.2) is 71.7 Å². The fraction of sp³-hybridized carbons (Fsp3) is 0.556. The number of carbonyl (C=O) groups excluding carboxylic acids is 1. The van der Waals surface area contributed by atoms with Gasteiger partial charge in [0.05, 0.1) is 18.3 Å². The van der Waals surface area contributed by atoms with Crippen molar-refractivity contribution in [3.05, 3.63) is 48.2 Å². The molecule has 7 nitrogen and oxygen atoms in total. The monoisotopic (exact) mass is 466 g/mol. The smallest absolute Gasteiger partial charge is 0.257 e. The largest absolute Gasteiger partial charge is 0.497 e. The van der Waals surface area contributed by atoms with Crippen molar-refractivity contribution in [2.45, 2.75) is 64.1 Å². The Labute approximate surface area is 203 Å². The molecular formula is C27H38N4O3. The molecule has 7 heteroatoms. The van der Waals surface area contributed by atoms with Crippen LogP contribution in [0.5, 0.6) is 5.75 Å². The lowest BCUT2D eigenvalue weighted by Gasteiger charge is -2.49. The zero-order chi connectivity index (χ0) is 24.1. The summed E-state index contributed by atoms with van der Waals surface area (Å²) in [5, 5.41) is 3.31. The first kappa shape index (κ1) is 24.5. The van der Waals surface area contributed by atoms with Crippen molar-refractivity contribution >= 4 is 17.4 Å². The molecule has 34 heavy (non-hydrogen) atoms. The minimum Gasteiger partial charge on any atom is -0.497 e. The average Bonchev–Trinajstić information content (AvgIpc) is 2.85. The Hall–Kier alpha value is -2.64. The van der Waals surface area contributed by atoms with Gasteiger partial charge in [-0.2, -0.15) is 0 Å². The van der Waals surface area contributed by atoms with E-state index in [4.69, 9.17) is 9.47 Å². The fourth-order valence-corrected chi connectivity index (χ4v) is 5.30. The molecule has 1 N–H and O–H groups in total. The Morgan fingerprint density at radius 3 is 2.79 bits per heavy atom. The summed E-state index contributed by atoms with van der Waals surface area (Å²) < 4.78 is 11.7. The van der Waals surface area contributed by atoms with E-state index >= 15 is 0 Å². The van der Waals surface area contributed by atoms with Crippen LogP contribution in [0.25, 0.3) is 0 Å². The molecule has 0 saturated carbocycles. The van der Waals surface area contributed by atoms with Crippen LogP contribution in [0, 0.1) is 0 Å². The highest BCUT2D eigenvalue weighted by molar-refractivity contribution is 5.99. The number of methoxy groups -OCH3 is 1. The molecule has 1 aromatic carbocycles. The van der Waals surface area contributed by atoms with Gasteiger partial charge in [-0.3, -0.25) is 4.79 Å². The normalized spacial score (nSPS) is 20.3. The maximum Gasteiger partial charge on any atom is 0.257 e. The third-order valence-electron chi connectivity index (χ3n) is 7.32. The minimum absolute atomic E-state index is 0.0164. The molecular weight excluding hydrogens is 428 g/mol. The fourth-order valence-electron chi connectivity index (χ4n) is 5.30. The van der Waals surface area contributed by atoms with E-state index in [1.54, 1.807) is 13.3 Å². The molecule has 2 aliphatic rings. The van der Waals surface area contributed by atoms with Gasteiger partial charge in [0.2, 0.25) is 0 Å². The van der Waals surface area contributed by atoms with E-state index in [-0.39, 0.29) is 17.6 Å². The summed E-state index contributed by atoms with van der Waals surface area (Å²) >= 11 is 0. The zero-order valence-corrected chi connectivity index (χ0v) is 20.9. The molecule has 2 aliphatic heterocycles. The zero-order valence-electron chi connectivity index (χ0n) is 20.9. The Morgan fingerprint density at radius 2 is 2.09 bits per heavy atom. The molecule has 1 unspecified atom stereocenters. The summed E-state index contributed by atoms with van der Waals surface area (Å²) in [7, 11) is 1.64. The maximum absolute atomic E-state index is 13.8. The van der Waals surface area contributed by atoms with Crippen LogP contribution in [0.15, 0.2) is 42.6 Å². The summed E-state index contributed by atoms with van der Waals surface area (Å²) in [6.07, 6.45) is 5.54. The number of carbonyl (C=O) groups is 1. The number of benzene rings is 1. The molecule has 1 aromatic heterocycles. The lowest BCUT2D eigenvalue weighted by Crippen LogP contribution is -2.55. The Kier molecular flexibility index (Phi) is 7.73. The molecule has 2 saturated heterocycles. The van der Waals surface area contributed by atoms with E-state index in [9.17, 15) is 4.79 Å². The number of anilines is 2. The van der Waals surface area contributed by atoms with Crippen LogP contribution < -0.4 is 10.1 Å².